The number of hydroxylamine groups is 2. The largest absolute Gasteiger partial charge is 0.454 e. The van der Waals surface area contributed by atoms with E-state index < -0.39 is 40.6 Å². The topological polar surface area (TPSA) is 162 Å². The Morgan fingerprint density at radius 2 is 1.79 bits per heavy atom. The van der Waals surface area contributed by atoms with Crippen molar-refractivity contribution < 1.29 is 51.6 Å². The Kier molecular flexibility index (Phi) is 11.1. The van der Waals surface area contributed by atoms with Crippen molar-refractivity contribution in [2.24, 2.45) is 11.8 Å². The fourth-order valence-electron chi connectivity index (χ4n) is 5.73. The molecule has 4 unspecified atom stereocenters. The molecule has 0 aromatic heterocycles. The average molecular weight is 678 g/mol. The van der Waals surface area contributed by atoms with E-state index in [-0.39, 0.29) is 62.1 Å². The number of benzene rings is 2. The zero-order chi connectivity index (χ0) is 33.7. The molecule has 47 heavy (non-hydrogen) atoms. The molecule has 2 amide bonds. The number of fused-ring (bicyclic) bond motifs is 2. The summed E-state index contributed by atoms with van der Waals surface area (Å²) in [5.74, 6) is 0.985. The second-order valence-corrected chi connectivity index (χ2v) is 14.5. The first-order valence-corrected chi connectivity index (χ1v) is 17.2. The molecular weight excluding hydrogens is 634 g/mol. The third kappa shape index (κ3) is 8.65. The molecule has 2 aromatic carbocycles. The molecule has 3 aliphatic heterocycles. The van der Waals surface area contributed by atoms with Crippen LogP contribution in [-0.4, -0.2) is 92.8 Å². The molecule has 14 nitrogen and oxygen atoms in total. The van der Waals surface area contributed by atoms with Crippen LogP contribution in [0, 0.1) is 11.8 Å². The van der Waals surface area contributed by atoms with E-state index in [1.54, 1.807) is 30.3 Å². The van der Waals surface area contributed by atoms with Crippen molar-refractivity contribution in [1.29, 1.82) is 0 Å². The van der Waals surface area contributed by atoms with Crippen molar-refractivity contribution in [2.75, 3.05) is 33.1 Å². The molecule has 2 aromatic rings. The molecule has 0 bridgehead atoms. The zero-order valence-corrected chi connectivity index (χ0v) is 27.8. The van der Waals surface area contributed by atoms with E-state index in [0.717, 1.165) is 0 Å². The number of carbonyl (C=O) groups excluding carboxylic acids is 2. The smallest absolute Gasteiger partial charge is 0.434 e. The molecule has 0 saturated carbocycles. The minimum Gasteiger partial charge on any atom is -0.454 e. The van der Waals surface area contributed by atoms with Crippen molar-refractivity contribution >= 4 is 22.2 Å². The van der Waals surface area contributed by atoms with E-state index in [1.165, 1.54) is 16.4 Å². The third-order valence-electron chi connectivity index (χ3n) is 8.04. The molecule has 0 aliphatic carbocycles. The van der Waals surface area contributed by atoms with Gasteiger partial charge in [-0.25, -0.2) is 18.0 Å². The van der Waals surface area contributed by atoms with E-state index in [9.17, 15) is 23.2 Å². The van der Waals surface area contributed by atoms with Gasteiger partial charge in [0, 0.05) is 25.2 Å². The van der Waals surface area contributed by atoms with Gasteiger partial charge in [0.05, 0.1) is 30.1 Å². The fraction of sp³-hybridized carbons (Fsp3) is 0.562. The molecule has 258 valence electrons. The van der Waals surface area contributed by atoms with Crippen LogP contribution in [0.15, 0.2) is 47.4 Å². The third-order valence-corrected chi connectivity index (χ3v) is 9.91. The molecular formula is C32H43N3O11S. The number of ether oxygens (including phenoxy) is 6. The van der Waals surface area contributed by atoms with Crippen LogP contribution in [-0.2, 0) is 30.7 Å². The predicted molar refractivity (Wildman–Crippen MR) is 167 cm³/mol. The van der Waals surface area contributed by atoms with Gasteiger partial charge in [0.15, 0.2) is 17.8 Å². The number of rotatable bonds is 13. The lowest BCUT2D eigenvalue weighted by Crippen LogP contribution is -2.44. The first-order valence-electron chi connectivity index (χ1n) is 15.8. The number of carbonyl (C=O) groups is 2. The maximum Gasteiger partial charge on any atom is 0.434 e. The lowest BCUT2D eigenvalue weighted by Gasteiger charge is -2.30. The fourth-order valence-corrected chi connectivity index (χ4v) is 7.36. The highest BCUT2D eigenvalue weighted by atomic mass is 32.2. The Balaban J connectivity index is 1.33. The summed E-state index contributed by atoms with van der Waals surface area (Å²) in [5, 5.41) is 14.4. The highest BCUT2D eigenvalue weighted by molar-refractivity contribution is 7.89. The van der Waals surface area contributed by atoms with Gasteiger partial charge in [-0.2, -0.15) is 9.37 Å². The van der Waals surface area contributed by atoms with E-state index >= 15 is 0 Å². The lowest BCUT2D eigenvalue weighted by atomic mass is 10.0. The normalized spacial score (nSPS) is 20.8. The Labute approximate surface area is 274 Å². The van der Waals surface area contributed by atoms with E-state index in [1.807, 2.05) is 27.7 Å². The van der Waals surface area contributed by atoms with Gasteiger partial charge in [-0.05, 0) is 68.9 Å². The highest BCUT2D eigenvalue weighted by Gasteiger charge is 2.44. The van der Waals surface area contributed by atoms with Gasteiger partial charge in [0.25, 0.3) is 0 Å². The van der Waals surface area contributed by atoms with Crippen LogP contribution in [0.25, 0.3) is 0 Å². The Bertz CT molecular complexity index is 1500. The predicted octanol–water partition coefficient (Wildman–Crippen LogP) is 4.15. The van der Waals surface area contributed by atoms with E-state index in [4.69, 9.17) is 28.4 Å². The van der Waals surface area contributed by atoms with Gasteiger partial charge in [-0.1, -0.05) is 26.0 Å². The van der Waals surface area contributed by atoms with Gasteiger partial charge in [-0.3, -0.25) is 5.21 Å². The Morgan fingerprint density at radius 1 is 1.04 bits per heavy atom. The molecule has 15 heteroatoms. The summed E-state index contributed by atoms with van der Waals surface area (Å²) >= 11 is 0. The van der Waals surface area contributed by atoms with Crippen molar-refractivity contribution in [3.8, 4) is 17.2 Å². The van der Waals surface area contributed by atoms with Gasteiger partial charge in [0.1, 0.15) is 11.9 Å². The van der Waals surface area contributed by atoms with Gasteiger partial charge in [-0.15, -0.1) is 0 Å². The summed E-state index contributed by atoms with van der Waals surface area (Å²) in [6.45, 7) is 8.31. The lowest BCUT2D eigenvalue weighted by molar-refractivity contribution is -0.116. The number of hydrogen-bond donors (Lipinski definition) is 2. The van der Waals surface area contributed by atoms with Crippen LogP contribution in [0.4, 0.5) is 9.59 Å². The molecule has 0 spiro atoms. The van der Waals surface area contributed by atoms with E-state index in [2.05, 4.69) is 5.32 Å². The average Bonchev–Trinajstić information content (AvgIpc) is 3.77. The number of amides is 2. The van der Waals surface area contributed by atoms with Gasteiger partial charge in [0.2, 0.25) is 16.8 Å². The molecule has 3 heterocycles. The minimum absolute atomic E-state index is 0.00832. The van der Waals surface area contributed by atoms with Gasteiger partial charge < -0.3 is 33.7 Å². The molecule has 3 aliphatic rings. The molecule has 2 fully saturated rings. The zero-order valence-electron chi connectivity index (χ0n) is 27.0. The maximum absolute atomic E-state index is 13.9. The monoisotopic (exact) mass is 677 g/mol. The van der Waals surface area contributed by atoms with Crippen LogP contribution in [0.2, 0.25) is 0 Å². The summed E-state index contributed by atoms with van der Waals surface area (Å²) in [6, 6.07) is 10.1. The van der Waals surface area contributed by atoms with Crippen molar-refractivity contribution in [2.45, 2.75) is 76.3 Å². The second kappa shape index (κ2) is 15.1. The Hall–Kier alpha value is -3.63. The Morgan fingerprint density at radius 3 is 2.51 bits per heavy atom. The minimum atomic E-state index is -3.99. The van der Waals surface area contributed by atoms with Crippen molar-refractivity contribution in [1.82, 2.24) is 14.7 Å². The van der Waals surface area contributed by atoms with Crippen LogP contribution in [0.1, 0.15) is 46.1 Å². The number of nitrogens with one attached hydrogen (secondary N) is 1. The van der Waals surface area contributed by atoms with Crippen LogP contribution in [0.3, 0.4) is 0 Å². The maximum atomic E-state index is 13.9. The quantitative estimate of drug-likeness (QED) is 0.231. The molecule has 4 atom stereocenters. The summed E-state index contributed by atoms with van der Waals surface area (Å²) in [6.07, 6.45) is -1.67. The number of hydrogen-bond acceptors (Lipinski definition) is 11. The van der Waals surface area contributed by atoms with Crippen LogP contribution < -0.4 is 19.5 Å². The first-order chi connectivity index (χ1) is 22.4. The van der Waals surface area contributed by atoms with Crippen molar-refractivity contribution in [3.05, 3.63) is 48.0 Å². The summed E-state index contributed by atoms with van der Waals surface area (Å²) in [5.41, 5.74) is 0.709. The second-order valence-electron chi connectivity index (χ2n) is 12.5. The van der Waals surface area contributed by atoms with Gasteiger partial charge >= 0.3 is 12.2 Å². The summed E-state index contributed by atoms with van der Waals surface area (Å²) < 4.78 is 61.9. The van der Waals surface area contributed by atoms with Crippen molar-refractivity contribution in [3.63, 3.8) is 0 Å². The SMILES string of the molecule is CC(C)CN(CCC(Cc1ccc(OC(=O)NC(C)C)cc1)N(O)C(=O)OC1COC2OCCC12)S(=O)(=O)c1ccc2c(c1)OCO2. The van der Waals surface area contributed by atoms with Crippen LogP contribution in [0.5, 0.6) is 17.2 Å². The molecule has 5 rings (SSSR count). The summed E-state index contributed by atoms with van der Waals surface area (Å²) in [4.78, 5) is 25.3. The van der Waals surface area contributed by atoms with E-state index in [0.29, 0.717) is 40.9 Å². The molecule has 0 radical (unpaired) electrons. The number of sulfonamides is 1. The molecule has 2 saturated heterocycles. The number of nitrogens with zero attached hydrogens (tertiary/aromatic N) is 2. The highest BCUT2D eigenvalue weighted by Crippen LogP contribution is 2.35. The first kappa shape index (κ1) is 34.7. The molecule has 2 N–H and O–H groups in total. The standard InChI is InChI=1S/C32H43N3O11S/c1-20(2)17-34(47(39,40)25-9-10-27-28(16-25)44-19-43-27)13-11-23(15-22-5-7-24(8-6-22)45-31(36)33-21(3)4)35(38)32(37)46-29-18-42-30-26(29)12-14-41-30/h5-10,16,20-21,23,26,29-30,38H,11-15,17-19H2,1-4H3,(H,33,36). The summed E-state index contributed by atoms with van der Waals surface area (Å²) in [7, 11) is -3.99. The van der Waals surface area contributed by atoms with Crippen LogP contribution >= 0.6 is 0 Å².